The fourth-order valence-electron chi connectivity index (χ4n) is 5.15. The lowest BCUT2D eigenvalue weighted by Crippen LogP contribution is -2.44. The lowest BCUT2D eigenvalue weighted by atomic mass is 10.1. The minimum Gasteiger partial charge on any atom is -0.494 e. The Hall–Kier alpha value is -5.00. The van der Waals surface area contributed by atoms with Crippen molar-refractivity contribution in [2.45, 2.75) is 12.8 Å². The molecule has 3 heterocycles. The number of urea groups is 1. The molecular formula is C34H38N8O3. The number of oxazole rings is 1. The quantitative estimate of drug-likeness (QED) is 0.156. The molecule has 232 valence electrons. The number of fused-ring (bicyclic) bond motifs is 1. The highest BCUT2D eigenvalue weighted by Crippen LogP contribution is 2.27. The van der Waals surface area contributed by atoms with Crippen LogP contribution in [-0.2, 0) is 6.42 Å². The zero-order valence-corrected chi connectivity index (χ0v) is 25.4. The lowest BCUT2D eigenvalue weighted by molar-refractivity contribution is 0.145. The van der Waals surface area contributed by atoms with Crippen LogP contribution in [0.4, 0.5) is 22.0 Å². The van der Waals surface area contributed by atoms with Gasteiger partial charge in [0.25, 0.3) is 5.71 Å². The van der Waals surface area contributed by atoms with Gasteiger partial charge in [-0.2, -0.15) is 4.98 Å². The molecule has 45 heavy (non-hydrogen) atoms. The van der Waals surface area contributed by atoms with Crippen molar-refractivity contribution in [2.75, 3.05) is 68.9 Å². The molecule has 1 fully saturated rings. The SMILES string of the molecule is CN1CCN(CCCOc2ccc(-c3nc4c(NCCc5ccc(NC(=O)Nc6ccccc6)cc5)ncnc4o3)cc2)CC1. The average Bonchev–Trinajstić information content (AvgIpc) is 3.51. The smallest absolute Gasteiger partial charge is 0.323 e. The molecule has 0 unspecified atom stereocenters. The van der Waals surface area contributed by atoms with Crippen molar-refractivity contribution in [2.24, 2.45) is 0 Å². The molecule has 3 N–H and O–H groups in total. The number of benzene rings is 3. The van der Waals surface area contributed by atoms with E-state index in [0.29, 0.717) is 41.8 Å². The van der Waals surface area contributed by atoms with Crippen molar-refractivity contribution in [3.05, 3.63) is 90.8 Å². The Bertz CT molecular complexity index is 1670. The summed E-state index contributed by atoms with van der Waals surface area (Å²) >= 11 is 0. The Kier molecular flexibility index (Phi) is 9.78. The third-order valence-corrected chi connectivity index (χ3v) is 7.73. The summed E-state index contributed by atoms with van der Waals surface area (Å²) in [6.07, 6.45) is 3.23. The number of aromatic nitrogens is 3. The Labute approximate surface area is 262 Å². The van der Waals surface area contributed by atoms with E-state index in [-0.39, 0.29) is 6.03 Å². The molecule has 0 atom stereocenters. The van der Waals surface area contributed by atoms with Crippen LogP contribution >= 0.6 is 0 Å². The van der Waals surface area contributed by atoms with E-state index < -0.39 is 0 Å². The summed E-state index contributed by atoms with van der Waals surface area (Å²) in [5, 5.41) is 9.02. The predicted octanol–water partition coefficient (Wildman–Crippen LogP) is 5.60. The van der Waals surface area contributed by atoms with Crippen LogP contribution in [0.5, 0.6) is 5.75 Å². The highest BCUT2D eigenvalue weighted by Gasteiger charge is 2.15. The van der Waals surface area contributed by atoms with Gasteiger partial charge in [-0.25, -0.2) is 14.8 Å². The number of likely N-dealkylation sites (N-methyl/N-ethyl adjacent to an activating group) is 1. The second-order valence-electron chi connectivity index (χ2n) is 11.1. The zero-order chi connectivity index (χ0) is 30.8. The minimum absolute atomic E-state index is 0.285. The van der Waals surface area contributed by atoms with Gasteiger partial charge < -0.3 is 34.9 Å². The monoisotopic (exact) mass is 606 g/mol. The topological polar surface area (TPSA) is 121 Å². The first-order chi connectivity index (χ1) is 22.1. The van der Waals surface area contributed by atoms with E-state index in [1.165, 1.54) is 6.33 Å². The number of hydrogen-bond donors (Lipinski definition) is 3. The molecule has 6 rings (SSSR count). The second kappa shape index (κ2) is 14.7. The first kappa shape index (κ1) is 30.0. The highest BCUT2D eigenvalue weighted by molar-refractivity contribution is 5.99. The van der Waals surface area contributed by atoms with Crippen LogP contribution in [0, 0.1) is 0 Å². The number of carbonyl (C=O) groups excluding carboxylic acids is 1. The van der Waals surface area contributed by atoms with Crippen molar-refractivity contribution >= 4 is 34.5 Å². The van der Waals surface area contributed by atoms with Gasteiger partial charge in [-0.05, 0) is 74.0 Å². The first-order valence-electron chi connectivity index (χ1n) is 15.3. The van der Waals surface area contributed by atoms with E-state index in [9.17, 15) is 4.79 Å². The summed E-state index contributed by atoms with van der Waals surface area (Å²) in [5.74, 6) is 1.93. The molecular weight excluding hydrogens is 568 g/mol. The van der Waals surface area contributed by atoms with Crippen LogP contribution in [0.15, 0.2) is 89.6 Å². The molecule has 2 aromatic heterocycles. The van der Waals surface area contributed by atoms with Gasteiger partial charge in [0, 0.05) is 56.2 Å². The molecule has 0 bridgehead atoms. The van der Waals surface area contributed by atoms with Crippen LogP contribution in [0.1, 0.15) is 12.0 Å². The number of piperazine rings is 1. The van der Waals surface area contributed by atoms with Gasteiger partial charge in [0.15, 0.2) is 11.3 Å². The number of hydrogen-bond acceptors (Lipinski definition) is 9. The zero-order valence-electron chi connectivity index (χ0n) is 25.4. The lowest BCUT2D eigenvalue weighted by Gasteiger charge is -2.32. The number of para-hydroxylation sites is 1. The summed E-state index contributed by atoms with van der Waals surface area (Å²) in [6.45, 7) is 6.90. The summed E-state index contributed by atoms with van der Waals surface area (Å²) in [6, 6.07) is 24.6. The van der Waals surface area contributed by atoms with E-state index in [1.807, 2.05) is 78.9 Å². The van der Waals surface area contributed by atoms with E-state index in [2.05, 4.69) is 47.7 Å². The molecule has 2 amide bonds. The Balaban J connectivity index is 0.975. The number of nitrogens with one attached hydrogen (secondary N) is 3. The van der Waals surface area contributed by atoms with Crippen molar-refractivity contribution in [3.8, 4) is 17.2 Å². The highest BCUT2D eigenvalue weighted by atomic mass is 16.5. The number of amides is 2. The van der Waals surface area contributed by atoms with Crippen molar-refractivity contribution < 1.29 is 13.9 Å². The molecule has 1 aliphatic rings. The van der Waals surface area contributed by atoms with Crippen LogP contribution in [-0.4, -0.2) is 83.7 Å². The maximum atomic E-state index is 12.2. The van der Waals surface area contributed by atoms with Gasteiger partial charge in [-0.15, -0.1) is 0 Å². The van der Waals surface area contributed by atoms with E-state index in [4.69, 9.17) is 9.15 Å². The van der Waals surface area contributed by atoms with E-state index >= 15 is 0 Å². The Morgan fingerprint density at radius 2 is 1.62 bits per heavy atom. The molecule has 11 nitrogen and oxygen atoms in total. The van der Waals surface area contributed by atoms with Crippen LogP contribution in [0.25, 0.3) is 22.7 Å². The summed E-state index contributed by atoms with van der Waals surface area (Å²) in [4.78, 5) is 30.5. The molecule has 0 saturated carbocycles. The van der Waals surface area contributed by atoms with Gasteiger partial charge in [0.05, 0.1) is 6.61 Å². The maximum Gasteiger partial charge on any atom is 0.323 e. The fourth-order valence-corrected chi connectivity index (χ4v) is 5.15. The Morgan fingerprint density at radius 3 is 2.38 bits per heavy atom. The van der Waals surface area contributed by atoms with Crippen LogP contribution < -0.4 is 20.7 Å². The molecule has 0 radical (unpaired) electrons. The van der Waals surface area contributed by atoms with Crippen LogP contribution in [0.3, 0.4) is 0 Å². The van der Waals surface area contributed by atoms with Crippen molar-refractivity contribution in [1.29, 1.82) is 0 Å². The third-order valence-electron chi connectivity index (χ3n) is 7.73. The number of nitrogens with zero attached hydrogens (tertiary/aromatic N) is 5. The third kappa shape index (κ3) is 8.34. The van der Waals surface area contributed by atoms with Crippen molar-refractivity contribution in [3.63, 3.8) is 0 Å². The van der Waals surface area contributed by atoms with E-state index in [0.717, 1.165) is 68.1 Å². The fraction of sp³-hybridized carbons (Fsp3) is 0.294. The minimum atomic E-state index is -0.285. The normalized spacial score (nSPS) is 13.9. The molecule has 0 aliphatic carbocycles. The maximum absolute atomic E-state index is 12.2. The molecule has 5 aromatic rings. The number of rotatable bonds is 12. The van der Waals surface area contributed by atoms with Crippen molar-refractivity contribution in [1.82, 2.24) is 24.8 Å². The van der Waals surface area contributed by atoms with Gasteiger partial charge in [0.1, 0.15) is 12.1 Å². The summed E-state index contributed by atoms with van der Waals surface area (Å²) < 4.78 is 11.9. The first-order valence-corrected chi connectivity index (χ1v) is 15.3. The molecule has 0 spiro atoms. The molecule has 1 aliphatic heterocycles. The summed E-state index contributed by atoms with van der Waals surface area (Å²) in [7, 11) is 2.18. The summed E-state index contributed by atoms with van der Waals surface area (Å²) in [5.41, 5.74) is 4.42. The number of anilines is 3. The van der Waals surface area contributed by atoms with Gasteiger partial charge in [-0.3, -0.25) is 0 Å². The Morgan fingerprint density at radius 1 is 0.889 bits per heavy atom. The van der Waals surface area contributed by atoms with Gasteiger partial charge in [-0.1, -0.05) is 30.3 Å². The standard InChI is InChI=1S/C34H38N8O3/c1-41-19-21-42(22-20-41)18-5-23-44-29-14-10-26(11-15-29)32-40-30-31(36-24-37-33(30)45-32)35-17-16-25-8-12-28(13-9-25)39-34(43)38-27-6-3-2-4-7-27/h2-4,6-15,24H,5,16-23H2,1H3,(H,35,36,37)(H2,38,39,43). The molecule has 11 heteroatoms. The van der Waals surface area contributed by atoms with Gasteiger partial charge >= 0.3 is 6.03 Å². The molecule has 3 aromatic carbocycles. The average molecular weight is 607 g/mol. The van der Waals surface area contributed by atoms with E-state index in [1.54, 1.807) is 0 Å². The van der Waals surface area contributed by atoms with Gasteiger partial charge in [0.2, 0.25) is 5.89 Å². The predicted molar refractivity (Wildman–Crippen MR) is 177 cm³/mol. The molecule has 1 saturated heterocycles. The van der Waals surface area contributed by atoms with Crippen LogP contribution in [0.2, 0.25) is 0 Å². The largest absolute Gasteiger partial charge is 0.494 e. The number of carbonyl (C=O) groups is 1. The number of ether oxygens (including phenoxy) is 1. The second-order valence-corrected chi connectivity index (χ2v) is 11.1.